The maximum atomic E-state index is 13.3. The summed E-state index contributed by atoms with van der Waals surface area (Å²) < 4.78 is 59.0. The molecule has 5 rings (SSSR count). The summed E-state index contributed by atoms with van der Waals surface area (Å²) in [6.45, 7) is 0.509. The number of anilines is 1. The lowest BCUT2D eigenvalue weighted by Crippen LogP contribution is -2.22. The molecule has 0 spiro atoms. The minimum Gasteiger partial charge on any atom is -0.482 e. The van der Waals surface area contributed by atoms with Crippen LogP contribution in [0, 0.1) is 17.1 Å². The number of nitriles is 1. The highest BCUT2D eigenvalue weighted by atomic mass is 19.4. The normalized spacial score (nSPS) is 12.3. The van der Waals surface area contributed by atoms with Crippen LogP contribution in [0.3, 0.4) is 0 Å². The van der Waals surface area contributed by atoms with E-state index in [1.165, 1.54) is 33.9 Å². The molecule has 0 bridgehead atoms. The summed E-state index contributed by atoms with van der Waals surface area (Å²) in [5.74, 6) is 0.594. The SMILES string of the molecule is CC(c1ccc(-n2cc(F)cn2)nc1)N(C)c1ccc(-c2cc(OCC(F)(F)F)cn3ncc(C#N)c23)cn1. The van der Waals surface area contributed by atoms with Gasteiger partial charge in [-0.15, -0.1) is 0 Å². The maximum absolute atomic E-state index is 13.3. The second kappa shape index (κ2) is 10.1. The van der Waals surface area contributed by atoms with E-state index in [-0.39, 0.29) is 17.4 Å². The molecule has 0 saturated carbocycles. The average molecular weight is 536 g/mol. The van der Waals surface area contributed by atoms with Gasteiger partial charge in [-0.25, -0.2) is 23.6 Å². The van der Waals surface area contributed by atoms with Crippen LogP contribution in [0.1, 0.15) is 24.1 Å². The Balaban J connectivity index is 1.40. The quantitative estimate of drug-likeness (QED) is 0.266. The third kappa shape index (κ3) is 5.35. The van der Waals surface area contributed by atoms with Crippen LogP contribution in [0.4, 0.5) is 23.4 Å². The Morgan fingerprint density at radius 3 is 2.49 bits per heavy atom. The Kier molecular flexibility index (Phi) is 6.61. The number of hydrogen-bond acceptors (Lipinski definition) is 7. The summed E-state index contributed by atoms with van der Waals surface area (Å²) in [5.41, 5.74) is 2.59. The number of alkyl halides is 3. The molecule has 1 unspecified atom stereocenters. The van der Waals surface area contributed by atoms with E-state index in [1.54, 1.807) is 30.6 Å². The van der Waals surface area contributed by atoms with Gasteiger partial charge in [0.05, 0.1) is 41.9 Å². The smallest absolute Gasteiger partial charge is 0.422 e. The number of hydrogen-bond donors (Lipinski definition) is 0. The van der Waals surface area contributed by atoms with E-state index >= 15 is 0 Å². The zero-order chi connectivity index (χ0) is 27.7. The van der Waals surface area contributed by atoms with Crippen LogP contribution < -0.4 is 9.64 Å². The van der Waals surface area contributed by atoms with Gasteiger partial charge >= 0.3 is 6.18 Å². The number of nitrogens with zero attached hydrogens (tertiary/aromatic N) is 8. The van der Waals surface area contributed by atoms with Crippen molar-refractivity contribution < 1.29 is 22.3 Å². The van der Waals surface area contributed by atoms with Crippen molar-refractivity contribution in [1.29, 1.82) is 5.26 Å². The highest BCUT2D eigenvalue weighted by Gasteiger charge is 2.29. The summed E-state index contributed by atoms with van der Waals surface area (Å²) in [6.07, 6.45) is 3.72. The molecule has 0 saturated heterocycles. The van der Waals surface area contributed by atoms with Crippen molar-refractivity contribution in [3.63, 3.8) is 0 Å². The van der Waals surface area contributed by atoms with Crippen molar-refractivity contribution in [1.82, 2.24) is 29.4 Å². The molecule has 198 valence electrons. The molecule has 0 aliphatic rings. The summed E-state index contributed by atoms with van der Waals surface area (Å²) in [6, 6.07) is 10.5. The molecular formula is C26H20F4N8O. The van der Waals surface area contributed by atoms with Crippen molar-refractivity contribution in [2.75, 3.05) is 18.6 Å². The molecule has 0 aliphatic carbocycles. The molecule has 5 heterocycles. The average Bonchev–Trinajstić information content (AvgIpc) is 3.56. The van der Waals surface area contributed by atoms with E-state index in [9.17, 15) is 22.8 Å². The Morgan fingerprint density at radius 1 is 1.05 bits per heavy atom. The lowest BCUT2D eigenvalue weighted by molar-refractivity contribution is -0.153. The number of halogens is 4. The predicted molar refractivity (Wildman–Crippen MR) is 133 cm³/mol. The first-order valence-electron chi connectivity index (χ1n) is 11.6. The van der Waals surface area contributed by atoms with Gasteiger partial charge in [0.25, 0.3) is 0 Å². The lowest BCUT2D eigenvalue weighted by Gasteiger charge is -2.26. The molecule has 9 nitrogen and oxygen atoms in total. The van der Waals surface area contributed by atoms with Crippen molar-refractivity contribution in [2.45, 2.75) is 19.1 Å². The molecular weight excluding hydrogens is 516 g/mol. The molecule has 0 aliphatic heterocycles. The third-order valence-electron chi connectivity index (χ3n) is 6.15. The molecule has 0 amide bonds. The Hall–Kier alpha value is -4.99. The van der Waals surface area contributed by atoms with Gasteiger partial charge in [-0.1, -0.05) is 6.07 Å². The van der Waals surface area contributed by atoms with Gasteiger partial charge in [0.15, 0.2) is 18.2 Å². The van der Waals surface area contributed by atoms with Gasteiger partial charge in [-0.2, -0.15) is 28.6 Å². The van der Waals surface area contributed by atoms with E-state index in [0.717, 1.165) is 11.8 Å². The number of pyridine rings is 3. The van der Waals surface area contributed by atoms with Crippen molar-refractivity contribution in [3.8, 4) is 28.8 Å². The minimum absolute atomic E-state index is 0.0500. The Labute approximate surface area is 219 Å². The number of ether oxygens (including phenoxy) is 1. The van der Waals surface area contributed by atoms with Crippen LogP contribution in [0.2, 0.25) is 0 Å². The minimum atomic E-state index is -4.51. The van der Waals surface area contributed by atoms with E-state index in [4.69, 9.17) is 4.74 Å². The van der Waals surface area contributed by atoms with Gasteiger partial charge < -0.3 is 9.64 Å². The largest absolute Gasteiger partial charge is 0.482 e. The Bertz CT molecular complexity index is 1650. The zero-order valence-corrected chi connectivity index (χ0v) is 20.6. The van der Waals surface area contributed by atoms with Gasteiger partial charge in [-0.3, -0.25) is 0 Å². The van der Waals surface area contributed by atoms with Crippen molar-refractivity contribution >= 4 is 11.3 Å². The standard InChI is InChI=1S/C26H20F4N8O/c1-16(17-3-6-24(33-9-17)37-13-20(27)12-35-37)36(2)23-5-4-18(10-32-23)22-7-21(39-15-26(28,29)30)14-38-25(22)19(8-31)11-34-38/h3-7,9-14,16H,15H2,1-2H3. The highest BCUT2D eigenvalue weighted by molar-refractivity contribution is 5.85. The van der Waals surface area contributed by atoms with Crippen LogP contribution in [-0.2, 0) is 0 Å². The first kappa shape index (κ1) is 25.7. The summed E-state index contributed by atoms with van der Waals surface area (Å²) >= 11 is 0. The molecule has 0 radical (unpaired) electrons. The number of aromatic nitrogens is 6. The second-order valence-electron chi connectivity index (χ2n) is 8.70. The molecule has 1 atom stereocenters. The summed E-state index contributed by atoms with van der Waals surface area (Å²) in [4.78, 5) is 10.8. The van der Waals surface area contributed by atoms with E-state index < -0.39 is 18.6 Å². The zero-order valence-electron chi connectivity index (χ0n) is 20.6. The number of rotatable bonds is 7. The van der Waals surface area contributed by atoms with E-state index in [0.29, 0.717) is 28.3 Å². The van der Waals surface area contributed by atoms with Gasteiger partial charge in [0, 0.05) is 30.6 Å². The van der Waals surface area contributed by atoms with Crippen LogP contribution in [-0.4, -0.2) is 49.2 Å². The summed E-state index contributed by atoms with van der Waals surface area (Å²) in [7, 11) is 1.86. The fourth-order valence-electron chi connectivity index (χ4n) is 4.03. The first-order chi connectivity index (χ1) is 18.6. The van der Waals surface area contributed by atoms with E-state index in [1.807, 2.05) is 24.9 Å². The van der Waals surface area contributed by atoms with Crippen molar-refractivity contribution in [3.05, 3.63) is 84.5 Å². The molecule has 5 aromatic rings. The van der Waals surface area contributed by atoms with Gasteiger partial charge in [0.2, 0.25) is 0 Å². The third-order valence-corrected chi connectivity index (χ3v) is 6.15. The molecule has 39 heavy (non-hydrogen) atoms. The van der Waals surface area contributed by atoms with E-state index in [2.05, 4.69) is 26.2 Å². The fourth-order valence-corrected chi connectivity index (χ4v) is 4.03. The number of fused-ring (bicyclic) bond motifs is 1. The van der Waals surface area contributed by atoms with Crippen molar-refractivity contribution in [2.24, 2.45) is 0 Å². The molecule has 0 aromatic carbocycles. The summed E-state index contributed by atoms with van der Waals surface area (Å²) in [5, 5.41) is 17.5. The molecule has 13 heteroatoms. The molecule has 5 aromatic heterocycles. The topological polar surface area (TPSA) is 97.2 Å². The predicted octanol–water partition coefficient (Wildman–Crippen LogP) is 5.13. The lowest BCUT2D eigenvalue weighted by atomic mass is 10.0. The van der Waals surface area contributed by atoms with Crippen LogP contribution >= 0.6 is 0 Å². The fraction of sp³-hybridized carbons (Fsp3) is 0.192. The first-order valence-corrected chi connectivity index (χ1v) is 11.6. The Morgan fingerprint density at radius 2 is 1.87 bits per heavy atom. The van der Waals surface area contributed by atoms with Gasteiger partial charge in [0.1, 0.15) is 17.6 Å². The van der Waals surface area contributed by atoms with Crippen LogP contribution in [0.15, 0.2) is 67.5 Å². The van der Waals surface area contributed by atoms with Gasteiger partial charge in [-0.05, 0) is 36.8 Å². The maximum Gasteiger partial charge on any atom is 0.422 e. The highest BCUT2D eigenvalue weighted by Crippen LogP contribution is 2.33. The molecule has 0 N–H and O–H groups in total. The molecule has 0 fully saturated rings. The second-order valence-corrected chi connectivity index (χ2v) is 8.70. The van der Waals surface area contributed by atoms with Crippen LogP contribution in [0.25, 0.3) is 22.5 Å². The monoisotopic (exact) mass is 536 g/mol. The van der Waals surface area contributed by atoms with Crippen LogP contribution in [0.5, 0.6) is 5.75 Å².